The minimum Gasteiger partial charge on any atom is -0.295 e. The molecule has 0 radical (unpaired) electrons. The number of rotatable bonds is 2. The maximum Gasteiger partial charge on any atom is 0.155 e. The topological polar surface area (TPSA) is 17.1 Å². The van der Waals surface area contributed by atoms with Gasteiger partial charge in [-0.3, -0.25) is 4.79 Å². The molecule has 0 aliphatic heterocycles. The van der Waals surface area contributed by atoms with Gasteiger partial charge in [-0.1, -0.05) is 42.3 Å². The molecule has 0 N–H and O–H groups in total. The second kappa shape index (κ2) is 5.96. The Balaban J connectivity index is 1.63. The highest BCUT2D eigenvalue weighted by Crippen LogP contribution is 2.67. The number of allylic oxidation sites excluding steroid dienone is 1. The molecule has 4 unspecified atom stereocenters. The van der Waals surface area contributed by atoms with Crippen molar-refractivity contribution in [2.24, 2.45) is 40.4 Å². The lowest BCUT2D eigenvalue weighted by Gasteiger charge is -2.58. The van der Waals surface area contributed by atoms with E-state index in [0.717, 1.165) is 47.8 Å². The molecular weight excluding hydrogens is 360 g/mol. The van der Waals surface area contributed by atoms with E-state index in [9.17, 15) is 4.79 Å². The van der Waals surface area contributed by atoms with Crippen molar-refractivity contribution < 1.29 is 4.79 Å². The first-order valence-corrected chi connectivity index (χ1v) is 11.3. The number of hydrogen-bond acceptors (Lipinski definition) is 1. The van der Waals surface area contributed by atoms with Crippen LogP contribution in [0.2, 0.25) is 0 Å². The van der Waals surface area contributed by atoms with Gasteiger partial charge < -0.3 is 0 Å². The minimum absolute atomic E-state index is 0.331. The van der Waals surface area contributed by atoms with E-state index >= 15 is 0 Å². The van der Waals surface area contributed by atoms with E-state index in [1.165, 1.54) is 44.1 Å². The number of alkyl halides is 1. The summed E-state index contributed by atoms with van der Waals surface area (Å²) in [7, 11) is 0. The number of halogens is 1. The lowest BCUT2D eigenvalue weighted by atomic mass is 9.46. The third-order valence-electron chi connectivity index (χ3n) is 8.97. The van der Waals surface area contributed by atoms with Crippen LogP contribution in [0.3, 0.4) is 0 Å². The molecule has 7 atom stereocenters. The maximum absolute atomic E-state index is 11.9. The van der Waals surface area contributed by atoms with Crippen LogP contribution in [0.5, 0.6) is 0 Å². The molecule has 0 aromatic carbocycles. The normalized spacial score (nSPS) is 49.0. The number of carbonyl (C=O) groups excluding carboxylic acids is 1. The van der Waals surface area contributed by atoms with Crippen molar-refractivity contribution in [1.29, 1.82) is 0 Å². The Kier molecular flexibility index (Phi) is 4.30. The van der Waals surface area contributed by atoms with Crippen LogP contribution in [0, 0.1) is 40.4 Å². The number of fused-ring (bicyclic) bond motifs is 5. The maximum atomic E-state index is 11.9. The van der Waals surface area contributed by atoms with E-state index in [2.05, 4.69) is 36.7 Å². The van der Waals surface area contributed by atoms with E-state index < -0.39 is 0 Å². The molecular formula is C22H33BrO. The van der Waals surface area contributed by atoms with Crippen LogP contribution in [-0.2, 0) is 4.79 Å². The van der Waals surface area contributed by atoms with Crippen molar-refractivity contribution in [3.05, 3.63) is 11.6 Å². The van der Waals surface area contributed by atoms with Crippen LogP contribution in [-0.4, -0.2) is 11.1 Å². The van der Waals surface area contributed by atoms with E-state index in [-0.39, 0.29) is 0 Å². The van der Waals surface area contributed by atoms with Gasteiger partial charge in [0.15, 0.2) is 5.78 Å². The van der Waals surface area contributed by atoms with E-state index in [0.29, 0.717) is 16.6 Å². The summed E-state index contributed by atoms with van der Waals surface area (Å²) in [4.78, 5) is 11.9. The summed E-state index contributed by atoms with van der Waals surface area (Å²) in [6.45, 7) is 7.58. The van der Waals surface area contributed by atoms with Crippen LogP contribution >= 0.6 is 15.9 Å². The molecule has 4 aliphatic rings. The quantitative estimate of drug-likeness (QED) is 0.513. The highest BCUT2D eigenvalue weighted by atomic mass is 79.9. The lowest BCUT2D eigenvalue weighted by molar-refractivity contribution is -0.117. The predicted molar refractivity (Wildman–Crippen MR) is 103 cm³/mol. The molecule has 24 heavy (non-hydrogen) atoms. The Morgan fingerprint density at radius 2 is 1.92 bits per heavy atom. The van der Waals surface area contributed by atoms with Crippen LogP contribution < -0.4 is 0 Å². The predicted octanol–water partition coefficient (Wildman–Crippen LogP) is 6.17. The fraction of sp³-hybridized carbons (Fsp3) is 0.864. The third-order valence-corrected chi connectivity index (χ3v) is 9.99. The summed E-state index contributed by atoms with van der Waals surface area (Å²) >= 11 is 3.75. The second-order valence-corrected chi connectivity index (χ2v) is 10.5. The van der Waals surface area contributed by atoms with Crippen LogP contribution in [0.15, 0.2) is 11.6 Å². The monoisotopic (exact) mass is 392 g/mol. The smallest absolute Gasteiger partial charge is 0.155 e. The zero-order valence-electron chi connectivity index (χ0n) is 15.6. The Bertz CT molecular complexity index is 566. The molecule has 0 saturated heterocycles. The van der Waals surface area contributed by atoms with E-state index in [1.54, 1.807) is 0 Å². The SMILES string of the molecule is C[C@H](CBr)C1CCC2C3CCC4=CC(=O)CC[C@]4(C)C3CC[C@@]21C. The zero-order valence-corrected chi connectivity index (χ0v) is 17.2. The molecule has 4 rings (SSSR count). The van der Waals surface area contributed by atoms with Crippen molar-refractivity contribution in [2.45, 2.75) is 72.1 Å². The van der Waals surface area contributed by atoms with Gasteiger partial charge in [0, 0.05) is 11.8 Å². The molecule has 1 nitrogen and oxygen atoms in total. The molecule has 0 amide bonds. The first-order chi connectivity index (χ1) is 11.4. The summed E-state index contributed by atoms with van der Waals surface area (Å²) in [6.07, 6.45) is 12.2. The van der Waals surface area contributed by atoms with E-state index in [1.807, 2.05) is 6.08 Å². The van der Waals surface area contributed by atoms with Gasteiger partial charge in [0.05, 0.1) is 0 Å². The van der Waals surface area contributed by atoms with Gasteiger partial charge in [-0.25, -0.2) is 0 Å². The second-order valence-electron chi connectivity index (χ2n) is 9.83. The first kappa shape index (κ1) is 17.3. The van der Waals surface area contributed by atoms with Gasteiger partial charge in [-0.15, -0.1) is 0 Å². The molecule has 4 aliphatic carbocycles. The summed E-state index contributed by atoms with van der Waals surface area (Å²) in [5, 5.41) is 1.15. The fourth-order valence-electron chi connectivity index (χ4n) is 7.64. The average Bonchev–Trinajstić information content (AvgIpc) is 2.92. The van der Waals surface area contributed by atoms with Gasteiger partial charge in [-0.2, -0.15) is 0 Å². The van der Waals surface area contributed by atoms with Gasteiger partial charge in [-0.05, 0) is 91.4 Å². The van der Waals surface area contributed by atoms with Crippen molar-refractivity contribution in [3.8, 4) is 0 Å². The van der Waals surface area contributed by atoms with Crippen LogP contribution in [0.25, 0.3) is 0 Å². The van der Waals surface area contributed by atoms with Crippen LogP contribution in [0.4, 0.5) is 0 Å². The standard InChI is InChI=1S/C22H33BrO/c1-14(13-23)18-6-7-19-17-5-4-15-12-16(24)8-10-21(15,2)20(17)9-11-22(18,19)3/h12,14,17-20H,4-11,13H2,1-3H3/t14-,17?,18?,19?,20?,21+,22-/m1/s1. The molecule has 0 aromatic rings. The van der Waals surface area contributed by atoms with Crippen LogP contribution in [0.1, 0.15) is 72.1 Å². The minimum atomic E-state index is 0.331. The number of carbonyl (C=O) groups is 1. The number of ketones is 1. The van der Waals surface area contributed by atoms with Crippen molar-refractivity contribution in [1.82, 2.24) is 0 Å². The molecule has 0 bridgehead atoms. The molecule has 0 spiro atoms. The molecule has 2 heteroatoms. The highest BCUT2D eigenvalue weighted by molar-refractivity contribution is 9.09. The molecule has 0 aromatic heterocycles. The van der Waals surface area contributed by atoms with Gasteiger partial charge >= 0.3 is 0 Å². The van der Waals surface area contributed by atoms with Gasteiger partial charge in [0.1, 0.15) is 0 Å². The Morgan fingerprint density at radius 1 is 1.12 bits per heavy atom. The number of hydrogen-bond donors (Lipinski definition) is 0. The highest BCUT2D eigenvalue weighted by Gasteiger charge is 2.59. The first-order valence-electron chi connectivity index (χ1n) is 10.2. The molecule has 3 fully saturated rings. The summed E-state index contributed by atoms with van der Waals surface area (Å²) in [6, 6.07) is 0. The molecule has 134 valence electrons. The largest absolute Gasteiger partial charge is 0.295 e. The zero-order chi connectivity index (χ0) is 17.1. The average molecular weight is 393 g/mol. The molecule has 0 heterocycles. The van der Waals surface area contributed by atoms with Crippen molar-refractivity contribution >= 4 is 21.7 Å². The lowest BCUT2D eigenvalue weighted by Crippen LogP contribution is -2.51. The Hall–Kier alpha value is -0.110. The Morgan fingerprint density at radius 3 is 2.67 bits per heavy atom. The molecule has 3 saturated carbocycles. The Labute approximate surface area is 156 Å². The third kappa shape index (κ3) is 2.34. The van der Waals surface area contributed by atoms with Crippen molar-refractivity contribution in [2.75, 3.05) is 5.33 Å². The fourth-order valence-corrected chi connectivity index (χ4v) is 8.09. The van der Waals surface area contributed by atoms with Gasteiger partial charge in [0.25, 0.3) is 0 Å². The van der Waals surface area contributed by atoms with Gasteiger partial charge in [0.2, 0.25) is 0 Å². The van der Waals surface area contributed by atoms with E-state index in [4.69, 9.17) is 0 Å². The summed E-state index contributed by atoms with van der Waals surface area (Å²) < 4.78 is 0. The summed E-state index contributed by atoms with van der Waals surface area (Å²) in [5.41, 5.74) is 2.40. The van der Waals surface area contributed by atoms with Crippen molar-refractivity contribution in [3.63, 3.8) is 0 Å². The summed E-state index contributed by atoms with van der Waals surface area (Å²) in [5.74, 6) is 4.76.